The molecule has 0 aliphatic carbocycles. The number of amides is 2. The number of anilines is 1. The van der Waals surface area contributed by atoms with Gasteiger partial charge in [-0.1, -0.05) is 34.8 Å². The number of carbonyl (C=O) groups excluding carboxylic acids is 2. The molecule has 23 heavy (non-hydrogen) atoms. The zero-order valence-corrected chi connectivity index (χ0v) is 13.7. The van der Waals surface area contributed by atoms with Crippen LogP contribution in [0.1, 0.15) is 18.4 Å². The van der Waals surface area contributed by atoms with E-state index in [1.807, 2.05) is 6.07 Å². The van der Waals surface area contributed by atoms with Crippen LogP contribution >= 0.6 is 34.8 Å². The van der Waals surface area contributed by atoms with Crippen LogP contribution in [-0.2, 0) is 9.59 Å². The lowest BCUT2D eigenvalue weighted by molar-refractivity contribution is -0.121. The molecule has 0 saturated carbocycles. The van der Waals surface area contributed by atoms with Crippen LogP contribution in [0, 0.1) is 11.3 Å². The Morgan fingerprint density at radius 3 is 2.35 bits per heavy atom. The zero-order valence-electron chi connectivity index (χ0n) is 11.4. The second kappa shape index (κ2) is 5.85. The van der Waals surface area contributed by atoms with Crippen molar-refractivity contribution < 1.29 is 9.59 Å². The number of rotatable bonds is 2. The molecule has 2 amide bonds. The van der Waals surface area contributed by atoms with Gasteiger partial charge in [-0.05, 0) is 12.1 Å². The average molecular weight is 370 g/mol. The molecule has 0 bridgehead atoms. The molecule has 2 aromatic rings. The summed E-state index contributed by atoms with van der Waals surface area (Å²) in [7, 11) is 0. The Labute approximate surface area is 145 Å². The Morgan fingerprint density at radius 2 is 1.74 bits per heavy atom. The van der Waals surface area contributed by atoms with Crippen LogP contribution < -0.4 is 4.90 Å². The average Bonchev–Trinajstić information content (AvgIpc) is 3.08. The normalized spacial score (nSPS) is 14.4. The number of imide groups is 1. The van der Waals surface area contributed by atoms with Gasteiger partial charge in [-0.15, -0.1) is 0 Å². The summed E-state index contributed by atoms with van der Waals surface area (Å²) in [6.45, 7) is 0. The molecule has 1 aliphatic heterocycles. The number of nitrogens with zero attached hydrogens (tertiary/aromatic N) is 4. The number of hydrogen-bond acceptors (Lipinski definition) is 4. The monoisotopic (exact) mass is 368 g/mol. The topological polar surface area (TPSA) is 79.0 Å². The number of halogens is 3. The van der Waals surface area contributed by atoms with E-state index in [0.717, 1.165) is 4.90 Å². The standard InChI is InChI=1S/C14H7Cl3N4O2/c15-8-1-2-9(13(17)12(8)16)21-14(7(5-18)6-19-21)20-10(22)3-4-11(20)23/h1-2,6H,3-4H2. The van der Waals surface area contributed by atoms with E-state index in [-0.39, 0.29) is 39.3 Å². The molecule has 1 aromatic carbocycles. The van der Waals surface area contributed by atoms with Gasteiger partial charge in [-0.2, -0.15) is 10.4 Å². The molecule has 1 aliphatic rings. The van der Waals surface area contributed by atoms with Crippen molar-refractivity contribution in [3.05, 3.63) is 39.0 Å². The van der Waals surface area contributed by atoms with Crippen LogP contribution in [0.3, 0.4) is 0 Å². The molecule has 0 spiro atoms. The van der Waals surface area contributed by atoms with Gasteiger partial charge in [-0.25, -0.2) is 9.58 Å². The molecule has 3 rings (SSSR count). The van der Waals surface area contributed by atoms with E-state index < -0.39 is 11.8 Å². The number of aromatic nitrogens is 2. The SMILES string of the molecule is N#Cc1cnn(-c2ccc(Cl)c(Cl)c2Cl)c1N1C(=O)CCC1=O. The van der Waals surface area contributed by atoms with Gasteiger partial charge in [0.2, 0.25) is 11.8 Å². The first kappa shape index (κ1) is 15.8. The Kier molecular flexibility index (Phi) is 4.02. The van der Waals surface area contributed by atoms with Crippen molar-refractivity contribution in [1.82, 2.24) is 9.78 Å². The second-order valence-electron chi connectivity index (χ2n) is 4.72. The Balaban J connectivity index is 2.25. The van der Waals surface area contributed by atoms with Crippen molar-refractivity contribution in [3.63, 3.8) is 0 Å². The van der Waals surface area contributed by atoms with Crippen molar-refractivity contribution in [2.24, 2.45) is 0 Å². The molecule has 6 nitrogen and oxygen atoms in total. The molecule has 9 heteroatoms. The highest BCUT2D eigenvalue weighted by Crippen LogP contribution is 2.37. The molecule has 2 heterocycles. The van der Waals surface area contributed by atoms with Crippen molar-refractivity contribution in [1.29, 1.82) is 5.26 Å². The minimum Gasteiger partial charge on any atom is -0.274 e. The van der Waals surface area contributed by atoms with Crippen LogP contribution in [0.5, 0.6) is 0 Å². The van der Waals surface area contributed by atoms with E-state index in [1.54, 1.807) is 6.07 Å². The summed E-state index contributed by atoms with van der Waals surface area (Å²) in [5.41, 5.74) is 0.390. The van der Waals surface area contributed by atoms with Gasteiger partial charge in [0.15, 0.2) is 5.82 Å². The van der Waals surface area contributed by atoms with E-state index >= 15 is 0 Å². The lowest BCUT2D eigenvalue weighted by Gasteiger charge is -2.17. The van der Waals surface area contributed by atoms with Gasteiger partial charge in [0.05, 0.1) is 27.0 Å². The van der Waals surface area contributed by atoms with Gasteiger partial charge in [-0.3, -0.25) is 9.59 Å². The van der Waals surface area contributed by atoms with Gasteiger partial charge in [0.25, 0.3) is 0 Å². The molecule has 0 radical (unpaired) electrons. The largest absolute Gasteiger partial charge is 0.274 e. The first-order valence-corrected chi connectivity index (χ1v) is 7.57. The summed E-state index contributed by atoms with van der Waals surface area (Å²) < 4.78 is 1.24. The maximum absolute atomic E-state index is 12.0. The second-order valence-corrected chi connectivity index (χ2v) is 5.89. The van der Waals surface area contributed by atoms with Crippen molar-refractivity contribution in [3.8, 4) is 11.8 Å². The van der Waals surface area contributed by atoms with E-state index in [0.29, 0.717) is 5.69 Å². The third-order valence-corrected chi connectivity index (χ3v) is 4.65. The lowest BCUT2D eigenvalue weighted by Crippen LogP contribution is -2.31. The van der Waals surface area contributed by atoms with Crippen LogP contribution in [0.15, 0.2) is 18.3 Å². The summed E-state index contributed by atoms with van der Waals surface area (Å²) >= 11 is 18.1. The number of benzene rings is 1. The maximum atomic E-state index is 12.0. The first-order chi connectivity index (χ1) is 11.0. The molecular formula is C14H7Cl3N4O2. The molecule has 1 saturated heterocycles. The molecule has 0 unspecified atom stereocenters. The summed E-state index contributed by atoms with van der Waals surface area (Å²) in [5, 5.41) is 13.8. The van der Waals surface area contributed by atoms with Gasteiger partial charge in [0, 0.05) is 12.8 Å². The molecule has 0 N–H and O–H groups in total. The van der Waals surface area contributed by atoms with Gasteiger partial charge >= 0.3 is 0 Å². The maximum Gasteiger partial charge on any atom is 0.235 e. The van der Waals surface area contributed by atoms with E-state index in [9.17, 15) is 14.9 Å². The minimum atomic E-state index is -0.399. The molecule has 0 atom stereocenters. The first-order valence-electron chi connectivity index (χ1n) is 6.43. The number of hydrogen-bond donors (Lipinski definition) is 0. The summed E-state index contributed by atoms with van der Waals surface area (Å²) in [6.07, 6.45) is 1.43. The van der Waals surface area contributed by atoms with Crippen LogP contribution in [0.4, 0.5) is 5.82 Å². The summed E-state index contributed by atoms with van der Waals surface area (Å²) in [4.78, 5) is 25.0. The van der Waals surface area contributed by atoms with E-state index in [1.165, 1.54) is 16.9 Å². The smallest absolute Gasteiger partial charge is 0.235 e. The zero-order chi connectivity index (χ0) is 16.7. The molecule has 1 fully saturated rings. The van der Waals surface area contributed by atoms with Gasteiger partial charge < -0.3 is 0 Å². The van der Waals surface area contributed by atoms with E-state index in [4.69, 9.17) is 34.8 Å². The van der Waals surface area contributed by atoms with Gasteiger partial charge in [0.1, 0.15) is 11.6 Å². The predicted molar refractivity (Wildman–Crippen MR) is 85.0 cm³/mol. The third-order valence-electron chi connectivity index (χ3n) is 3.37. The summed E-state index contributed by atoms with van der Waals surface area (Å²) in [5.74, 6) is -0.742. The third kappa shape index (κ3) is 2.47. The minimum absolute atomic E-state index is 0.0558. The fourth-order valence-electron chi connectivity index (χ4n) is 2.30. The fourth-order valence-corrected chi connectivity index (χ4v) is 2.91. The number of nitriles is 1. The highest BCUT2D eigenvalue weighted by Gasteiger charge is 2.35. The predicted octanol–water partition coefficient (Wildman–Crippen LogP) is 3.36. The van der Waals surface area contributed by atoms with E-state index in [2.05, 4.69) is 5.10 Å². The highest BCUT2D eigenvalue weighted by atomic mass is 35.5. The van der Waals surface area contributed by atoms with Crippen LogP contribution in [0.2, 0.25) is 15.1 Å². The quantitative estimate of drug-likeness (QED) is 0.600. The van der Waals surface area contributed by atoms with Crippen LogP contribution in [0.25, 0.3) is 5.69 Å². The molecule has 116 valence electrons. The van der Waals surface area contributed by atoms with Crippen LogP contribution in [-0.4, -0.2) is 21.6 Å². The highest BCUT2D eigenvalue weighted by molar-refractivity contribution is 6.48. The molecule has 1 aromatic heterocycles. The van der Waals surface area contributed by atoms with Crippen molar-refractivity contribution >= 4 is 52.4 Å². The fraction of sp³-hybridized carbons (Fsp3) is 0.143. The Morgan fingerprint density at radius 1 is 1.09 bits per heavy atom. The van der Waals surface area contributed by atoms with Crippen molar-refractivity contribution in [2.45, 2.75) is 12.8 Å². The van der Waals surface area contributed by atoms with Crippen molar-refractivity contribution in [2.75, 3.05) is 4.90 Å². The lowest BCUT2D eigenvalue weighted by atomic mass is 10.3. The Hall–Kier alpha value is -2.07. The summed E-state index contributed by atoms with van der Waals surface area (Å²) in [6, 6.07) is 4.97. The number of carbonyl (C=O) groups is 2. The molecular weight excluding hydrogens is 363 g/mol. The Bertz CT molecular complexity index is 869.